The van der Waals surface area contributed by atoms with Crippen LogP contribution in [0.15, 0.2) is 29.2 Å². The molecule has 1 aromatic rings. The third-order valence-corrected chi connectivity index (χ3v) is 3.91. The van der Waals surface area contributed by atoms with E-state index in [0.29, 0.717) is 12.0 Å². The number of nitrogens with one attached hydrogen (secondary N) is 1. The molecule has 0 fully saturated rings. The fourth-order valence-corrected chi connectivity index (χ4v) is 2.51. The van der Waals surface area contributed by atoms with Crippen LogP contribution in [-0.2, 0) is 14.8 Å². The van der Waals surface area contributed by atoms with Crippen molar-refractivity contribution in [2.45, 2.75) is 24.7 Å². The molecule has 1 rings (SSSR count). The van der Waals surface area contributed by atoms with Gasteiger partial charge in [-0.2, -0.15) is 0 Å². The number of carbonyl (C=O) groups excluding carboxylic acids is 2. The lowest BCUT2D eigenvalue weighted by Crippen LogP contribution is -2.28. The van der Waals surface area contributed by atoms with Crippen LogP contribution in [0.25, 0.3) is 0 Å². The van der Waals surface area contributed by atoms with Crippen LogP contribution >= 0.6 is 0 Å². The van der Waals surface area contributed by atoms with E-state index in [1.807, 2.05) is 0 Å². The topological polar surface area (TPSA) is 106 Å². The third kappa shape index (κ3) is 4.46. The van der Waals surface area contributed by atoms with Gasteiger partial charge in [-0.05, 0) is 12.1 Å². The summed E-state index contributed by atoms with van der Waals surface area (Å²) in [5.74, 6) is -0.716. The van der Waals surface area contributed by atoms with Crippen LogP contribution in [0.3, 0.4) is 0 Å². The summed E-state index contributed by atoms with van der Waals surface area (Å²) in [5, 5.41) is 0. The average molecular weight is 284 g/mol. The number of ketones is 1. The summed E-state index contributed by atoms with van der Waals surface area (Å²) in [4.78, 5) is 22.1. The smallest absolute Gasteiger partial charge is 0.240 e. The molecule has 0 unspecified atom stereocenters. The molecular weight excluding hydrogens is 268 g/mol. The monoisotopic (exact) mass is 284 g/mol. The molecule has 7 heteroatoms. The maximum atomic E-state index is 11.9. The Morgan fingerprint density at radius 2 is 2.00 bits per heavy atom. The second-order valence-electron chi connectivity index (χ2n) is 3.92. The quantitative estimate of drug-likeness (QED) is 0.708. The fourth-order valence-electron chi connectivity index (χ4n) is 1.43. The van der Waals surface area contributed by atoms with Crippen LogP contribution in [0.4, 0.5) is 0 Å². The van der Waals surface area contributed by atoms with Crippen molar-refractivity contribution < 1.29 is 18.0 Å². The molecule has 0 saturated heterocycles. The molecule has 19 heavy (non-hydrogen) atoms. The van der Waals surface area contributed by atoms with Gasteiger partial charge in [-0.3, -0.25) is 9.59 Å². The van der Waals surface area contributed by atoms with Crippen molar-refractivity contribution in [1.29, 1.82) is 0 Å². The lowest BCUT2D eigenvalue weighted by atomic mass is 10.1. The van der Waals surface area contributed by atoms with Crippen LogP contribution in [0.1, 0.15) is 30.1 Å². The van der Waals surface area contributed by atoms with Crippen molar-refractivity contribution in [3.63, 3.8) is 0 Å². The number of hydrogen-bond acceptors (Lipinski definition) is 4. The zero-order valence-corrected chi connectivity index (χ0v) is 11.4. The summed E-state index contributed by atoms with van der Waals surface area (Å²) in [6.45, 7) is 1.64. The average Bonchev–Trinajstić information content (AvgIpc) is 2.37. The lowest BCUT2D eigenvalue weighted by molar-refractivity contribution is -0.117. The van der Waals surface area contributed by atoms with Gasteiger partial charge in [0.25, 0.3) is 0 Å². The van der Waals surface area contributed by atoms with E-state index >= 15 is 0 Å². The van der Waals surface area contributed by atoms with Crippen molar-refractivity contribution in [2.75, 3.05) is 6.54 Å². The van der Waals surface area contributed by atoms with E-state index in [2.05, 4.69) is 4.72 Å². The van der Waals surface area contributed by atoms with Gasteiger partial charge in [-0.15, -0.1) is 0 Å². The highest BCUT2D eigenvalue weighted by molar-refractivity contribution is 7.89. The van der Waals surface area contributed by atoms with Crippen molar-refractivity contribution in [3.8, 4) is 0 Å². The van der Waals surface area contributed by atoms with Crippen molar-refractivity contribution in [3.05, 3.63) is 29.8 Å². The lowest BCUT2D eigenvalue weighted by Gasteiger charge is -2.07. The van der Waals surface area contributed by atoms with Gasteiger partial charge in [-0.1, -0.05) is 19.1 Å². The minimum Gasteiger partial charge on any atom is -0.370 e. The molecule has 3 N–H and O–H groups in total. The van der Waals surface area contributed by atoms with Crippen molar-refractivity contribution >= 4 is 21.7 Å². The first-order valence-electron chi connectivity index (χ1n) is 5.78. The van der Waals surface area contributed by atoms with E-state index in [0.717, 1.165) is 0 Å². The van der Waals surface area contributed by atoms with Gasteiger partial charge in [0, 0.05) is 24.9 Å². The molecular formula is C12H16N2O4S. The first kappa shape index (κ1) is 15.3. The maximum Gasteiger partial charge on any atom is 0.240 e. The summed E-state index contributed by atoms with van der Waals surface area (Å²) in [7, 11) is -3.73. The molecule has 0 bridgehead atoms. The highest BCUT2D eigenvalue weighted by atomic mass is 32.2. The van der Waals surface area contributed by atoms with Gasteiger partial charge in [-0.25, -0.2) is 13.1 Å². The number of Topliss-reactive ketones (excluding diaryl/α,β-unsaturated/α-hetero) is 1. The number of nitrogens with two attached hydrogens (primary N) is 1. The Balaban J connectivity index is 2.89. The van der Waals surface area contributed by atoms with E-state index < -0.39 is 15.9 Å². The van der Waals surface area contributed by atoms with Gasteiger partial charge in [0.2, 0.25) is 15.9 Å². The molecule has 0 radical (unpaired) electrons. The van der Waals surface area contributed by atoms with Crippen LogP contribution in [0.2, 0.25) is 0 Å². The number of hydrogen-bond donors (Lipinski definition) is 2. The Morgan fingerprint density at radius 1 is 1.32 bits per heavy atom. The van der Waals surface area contributed by atoms with Crippen molar-refractivity contribution in [1.82, 2.24) is 4.72 Å². The van der Waals surface area contributed by atoms with Gasteiger partial charge in [0.1, 0.15) is 0 Å². The molecule has 104 valence electrons. The number of sulfonamides is 1. The Labute approximate surface area is 112 Å². The molecule has 1 aromatic carbocycles. The number of carbonyl (C=O) groups is 2. The Morgan fingerprint density at radius 3 is 2.58 bits per heavy atom. The van der Waals surface area contributed by atoms with Crippen LogP contribution in [0.5, 0.6) is 0 Å². The fraction of sp³-hybridized carbons (Fsp3) is 0.333. The van der Waals surface area contributed by atoms with Gasteiger partial charge < -0.3 is 5.73 Å². The Bertz CT molecular complexity index is 581. The summed E-state index contributed by atoms with van der Waals surface area (Å²) >= 11 is 0. The van der Waals surface area contributed by atoms with Crippen LogP contribution in [-0.4, -0.2) is 26.7 Å². The SMILES string of the molecule is CCC(=O)c1cccc(S(=O)(=O)NCCC(N)=O)c1. The standard InChI is InChI=1S/C12H16N2O4S/c1-2-11(15)9-4-3-5-10(8-9)19(17,18)14-7-6-12(13)16/h3-5,8,14H,2,6-7H2,1H3,(H2,13,16). The van der Waals surface area contributed by atoms with E-state index in [-0.39, 0.29) is 23.6 Å². The minimum absolute atomic E-state index is 0.00345. The summed E-state index contributed by atoms with van der Waals surface area (Å²) in [6, 6.07) is 5.78. The van der Waals surface area contributed by atoms with Gasteiger partial charge in [0.15, 0.2) is 5.78 Å². The van der Waals surface area contributed by atoms with Crippen LogP contribution < -0.4 is 10.5 Å². The highest BCUT2D eigenvalue weighted by Crippen LogP contribution is 2.12. The number of amides is 1. The Kier molecular flexibility index (Phi) is 5.20. The number of rotatable bonds is 7. The summed E-state index contributed by atoms with van der Waals surface area (Å²) < 4.78 is 26.1. The van der Waals surface area contributed by atoms with Gasteiger partial charge in [0.05, 0.1) is 4.90 Å². The molecule has 0 aliphatic heterocycles. The highest BCUT2D eigenvalue weighted by Gasteiger charge is 2.15. The third-order valence-electron chi connectivity index (χ3n) is 2.45. The Hall–Kier alpha value is -1.73. The molecule has 0 heterocycles. The number of primary amides is 1. The molecule has 0 spiro atoms. The predicted octanol–water partition coefficient (Wildman–Crippen LogP) is 0.433. The largest absolute Gasteiger partial charge is 0.370 e. The number of benzene rings is 1. The summed E-state index contributed by atoms with van der Waals surface area (Å²) in [6.07, 6.45) is 0.228. The normalized spacial score (nSPS) is 11.2. The van der Waals surface area contributed by atoms with E-state index in [1.165, 1.54) is 18.2 Å². The zero-order valence-electron chi connectivity index (χ0n) is 10.5. The second-order valence-corrected chi connectivity index (χ2v) is 5.69. The minimum atomic E-state index is -3.73. The molecule has 0 aliphatic carbocycles. The maximum absolute atomic E-state index is 11.9. The van der Waals surface area contributed by atoms with E-state index in [9.17, 15) is 18.0 Å². The predicted molar refractivity (Wildman–Crippen MR) is 70.1 cm³/mol. The van der Waals surface area contributed by atoms with Crippen LogP contribution in [0, 0.1) is 0 Å². The second kappa shape index (κ2) is 6.44. The molecule has 0 aromatic heterocycles. The molecule has 0 saturated carbocycles. The van der Waals surface area contributed by atoms with Crippen molar-refractivity contribution in [2.24, 2.45) is 5.73 Å². The molecule has 1 amide bonds. The van der Waals surface area contributed by atoms with Gasteiger partial charge >= 0.3 is 0 Å². The first-order valence-corrected chi connectivity index (χ1v) is 7.26. The molecule has 6 nitrogen and oxygen atoms in total. The molecule has 0 atom stereocenters. The van der Waals surface area contributed by atoms with E-state index in [1.54, 1.807) is 13.0 Å². The first-order chi connectivity index (χ1) is 8.86. The van der Waals surface area contributed by atoms with E-state index in [4.69, 9.17) is 5.73 Å². The summed E-state index contributed by atoms with van der Waals surface area (Å²) in [5.41, 5.74) is 5.27. The molecule has 0 aliphatic rings. The zero-order chi connectivity index (χ0) is 14.5.